The van der Waals surface area contributed by atoms with E-state index in [1.807, 2.05) is 26.8 Å². The lowest BCUT2D eigenvalue weighted by atomic mass is 10.2. The third kappa shape index (κ3) is 4.02. The van der Waals surface area contributed by atoms with E-state index >= 15 is 0 Å². The minimum absolute atomic E-state index is 0.174. The van der Waals surface area contributed by atoms with Crippen molar-refractivity contribution < 1.29 is 4.79 Å². The molecule has 1 aliphatic rings. The lowest BCUT2D eigenvalue weighted by Crippen LogP contribution is -2.31. The molecule has 0 unspecified atom stereocenters. The Labute approximate surface area is 173 Å². The predicted octanol–water partition coefficient (Wildman–Crippen LogP) is 3.46. The van der Waals surface area contributed by atoms with Gasteiger partial charge in [0, 0.05) is 19.3 Å². The maximum atomic E-state index is 13.1. The first-order valence-corrected chi connectivity index (χ1v) is 10.2. The van der Waals surface area contributed by atoms with Crippen LogP contribution in [0.4, 0.5) is 5.82 Å². The first-order chi connectivity index (χ1) is 13.3. The number of carbonyl (C=O) groups is 1. The van der Waals surface area contributed by atoms with Crippen LogP contribution in [-0.4, -0.2) is 37.6 Å². The number of hydrogen-bond acceptors (Lipinski definition) is 6. The van der Waals surface area contributed by atoms with E-state index in [0.29, 0.717) is 45.3 Å². The highest BCUT2D eigenvalue weighted by molar-refractivity contribution is 8.26. The van der Waals surface area contributed by atoms with Crippen LogP contribution >= 0.6 is 24.0 Å². The summed E-state index contributed by atoms with van der Waals surface area (Å²) in [4.78, 5) is 32.5. The van der Waals surface area contributed by atoms with Crippen LogP contribution in [0.15, 0.2) is 40.7 Å². The molecule has 1 fully saturated rings. The standard InChI is InChI=1S/C20H22N4O2S2/c1-5-8-21-17-14(18(25)23-11-13(4)6-7-16(23)22-17)9-15-19(26)24(10-12(2)3)20(27)28-15/h5-7,9,11-12,21H,1,8,10H2,2-4H3. The second-order valence-electron chi connectivity index (χ2n) is 6.97. The lowest BCUT2D eigenvalue weighted by molar-refractivity contribution is -0.122. The zero-order chi connectivity index (χ0) is 20.4. The molecule has 0 saturated carbocycles. The van der Waals surface area contributed by atoms with E-state index in [9.17, 15) is 9.59 Å². The van der Waals surface area contributed by atoms with Crippen molar-refractivity contribution in [3.8, 4) is 0 Å². The molecule has 0 atom stereocenters. The highest BCUT2D eigenvalue weighted by Crippen LogP contribution is 2.33. The number of aromatic nitrogens is 2. The molecule has 3 heterocycles. The van der Waals surface area contributed by atoms with Crippen LogP contribution in [-0.2, 0) is 4.79 Å². The Morgan fingerprint density at radius 3 is 2.79 bits per heavy atom. The molecule has 2 aromatic rings. The predicted molar refractivity (Wildman–Crippen MR) is 120 cm³/mol. The Bertz CT molecular complexity index is 1060. The van der Waals surface area contributed by atoms with Crippen molar-refractivity contribution in [1.29, 1.82) is 0 Å². The van der Waals surface area contributed by atoms with Crippen LogP contribution < -0.4 is 10.9 Å². The average Bonchev–Trinajstić information content (AvgIpc) is 2.90. The largest absolute Gasteiger partial charge is 0.366 e. The number of thioether (sulfide) groups is 1. The van der Waals surface area contributed by atoms with Gasteiger partial charge in [0.15, 0.2) is 0 Å². The van der Waals surface area contributed by atoms with Crippen LogP contribution in [0.5, 0.6) is 0 Å². The van der Waals surface area contributed by atoms with Crippen molar-refractivity contribution in [3.63, 3.8) is 0 Å². The van der Waals surface area contributed by atoms with E-state index in [1.54, 1.807) is 29.3 Å². The molecular weight excluding hydrogens is 392 g/mol. The molecule has 1 aliphatic heterocycles. The molecule has 0 bridgehead atoms. The van der Waals surface area contributed by atoms with E-state index in [2.05, 4.69) is 16.9 Å². The molecule has 28 heavy (non-hydrogen) atoms. The Balaban J connectivity index is 2.13. The molecule has 0 spiro atoms. The van der Waals surface area contributed by atoms with Crippen molar-refractivity contribution >= 4 is 51.7 Å². The van der Waals surface area contributed by atoms with Gasteiger partial charge in [0.1, 0.15) is 15.8 Å². The number of nitrogens with one attached hydrogen (secondary N) is 1. The molecule has 0 aliphatic carbocycles. The van der Waals surface area contributed by atoms with Crippen LogP contribution in [0.1, 0.15) is 25.0 Å². The summed E-state index contributed by atoms with van der Waals surface area (Å²) in [6.45, 7) is 10.7. The molecular formula is C20H22N4O2S2. The summed E-state index contributed by atoms with van der Waals surface area (Å²) in [5, 5.41) is 3.10. The summed E-state index contributed by atoms with van der Waals surface area (Å²) in [5.41, 5.74) is 1.56. The number of carbonyl (C=O) groups excluding carboxylic acids is 1. The normalized spacial score (nSPS) is 15.9. The fraction of sp³-hybridized carbons (Fsp3) is 0.300. The minimum Gasteiger partial charge on any atom is -0.366 e. The number of fused-ring (bicyclic) bond motifs is 1. The maximum absolute atomic E-state index is 13.1. The van der Waals surface area contributed by atoms with E-state index in [4.69, 9.17) is 12.2 Å². The fourth-order valence-electron chi connectivity index (χ4n) is 2.85. The van der Waals surface area contributed by atoms with Crippen LogP contribution in [0.2, 0.25) is 0 Å². The summed E-state index contributed by atoms with van der Waals surface area (Å²) in [7, 11) is 0. The molecule has 8 heteroatoms. The van der Waals surface area contributed by atoms with Gasteiger partial charge in [-0.05, 0) is 30.5 Å². The number of rotatable bonds is 6. The molecule has 1 N–H and O–H groups in total. The van der Waals surface area contributed by atoms with Gasteiger partial charge in [-0.15, -0.1) is 6.58 Å². The Morgan fingerprint density at radius 2 is 2.11 bits per heavy atom. The fourth-order valence-corrected chi connectivity index (χ4v) is 4.10. The van der Waals surface area contributed by atoms with Crippen molar-refractivity contribution in [2.24, 2.45) is 5.92 Å². The average molecular weight is 415 g/mol. The number of aryl methyl sites for hydroxylation is 1. The van der Waals surface area contributed by atoms with Gasteiger partial charge in [-0.2, -0.15) is 0 Å². The first kappa shape index (κ1) is 20.3. The number of pyridine rings is 1. The van der Waals surface area contributed by atoms with Crippen molar-refractivity contribution in [3.05, 3.63) is 57.4 Å². The van der Waals surface area contributed by atoms with E-state index < -0.39 is 0 Å². The van der Waals surface area contributed by atoms with Crippen molar-refractivity contribution in [2.75, 3.05) is 18.4 Å². The van der Waals surface area contributed by atoms with E-state index in [1.165, 1.54) is 16.2 Å². The van der Waals surface area contributed by atoms with E-state index in [-0.39, 0.29) is 11.5 Å². The summed E-state index contributed by atoms with van der Waals surface area (Å²) in [6.07, 6.45) is 5.02. The highest BCUT2D eigenvalue weighted by atomic mass is 32.2. The van der Waals surface area contributed by atoms with Crippen LogP contribution in [0.25, 0.3) is 11.7 Å². The molecule has 3 rings (SSSR count). The quantitative estimate of drug-likeness (QED) is 0.444. The van der Waals surface area contributed by atoms with Gasteiger partial charge in [0.05, 0.1) is 10.5 Å². The molecule has 6 nitrogen and oxygen atoms in total. The van der Waals surface area contributed by atoms with E-state index in [0.717, 1.165) is 5.56 Å². The summed E-state index contributed by atoms with van der Waals surface area (Å²) >= 11 is 6.57. The monoisotopic (exact) mass is 414 g/mol. The Hall–Kier alpha value is -2.45. The molecule has 0 aromatic carbocycles. The second kappa shape index (κ2) is 8.28. The van der Waals surface area contributed by atoms with Crippen LogP contribution in [0.3, 0.4) is 0 Å². The number of amides is 1. The summed E-state index contributed by atoms with van der Waals surface area (Å²) in [5.74, 6) is 0.539. The third-order valence-electron chi connectivity index (χ3n) is 4.12. The van der Waals surface area contributed by atoms with Gasteiger partial charge < -0.3 is 5.32 Å². The minimum atomic E-state index is -0.241. The number of nitrogens with zero attached hydrogens (tertiary/aromatic N) is 3. The molecule has 1 amide bonds. The number of hydrogen-bond donors (Lipinski definition) is 1. The Morgan fingerprint density at radius 1 is 1.36 bits per heavy atom. The molecule has 0 radical (unpaired) electrons. The van der Waals surface area contributed by atoms with Gasteiger partial charge >= 0.3 is 0 Å². The molecule has 146 valence electrons. The van der Waals surface area contributed by atoms with Crippen LogP contribution in [0, 0.1) is 12.8 Å². The van der Waals surface area contributed by atoms with Gasteiger partial charge in [-0.25, -0.2) is 4.98 Å². The van der Waals surface area contributed by atoms with Gasteiger partial charge in [0.25, 0.3) is 11.5 Å². The number of anilines is 1. The SMILES string of the molecule is C=CCNc1nc2ccc(C)cn2c(=O)c1C=C1SC(=S)N(CC(C)C)C1=O. The zero-order valence-corrected chi connectivity index (χ0v) is 17.7. The van der Waals surface area contributed by atoms with Gasteiger partial charge in [-0.3, -0.25) is 18.9 Å². The van der Waals surface area contributed by atoms with Crippen molar-refractivity contribution in [1.82, 2.24) is 14.3 Å². The highest BCUT2D eigenvalue weighted by Gasteiger charge is 2.32. The van der Waals surface area contributed by atoms with Gasteiger partial charge in [-0.1, -0.05) is 50.0 Å². The molecule has 1 saturated heterocycles. The first-order valence-electron chi connectivity index (χ1n) is 8.95. The summed E-state index contributed by atoms with van der Waals surface area (Å²) in [6, 6.07) is 3.69. The van der Waals surface area contributed by atoms with Crippen molar-refractivity contribution in [2.45, 2.75) is 20.8 Å². The zero-order valence-electron chi connectivity index (χ0n) is 16.1. The topological polar surface area (TPSA) is 66.7 Å². The maximum Gasteiger partial charge on any atom is 0.267 e. The third-order valence-corrected chi connectivity index (χ3v) is 5.49. The smallest absolute Gasteiger partial charge is 0.267 e. The lowest BCUT2D eigenvalue weighted by Gasteiger charge is -2.16. The van der Waals surface area contributed by atoms with Gasteiger partial charge in [0.2, 0.25) is 0 Å². The summed E-state index contributed by atoms with van der Waals surface area (Å²) < 4.78 is 2.00. The second-order valence-corrected chi connectivity index (χ2v) is 8.65. The number of thiocarbonyl (C=S) groups is 1. The Kier molecular flexibility index (Phi) is 6.00. The molecule has 2 aromatic heterocycles.